The van der Waals surface area contributed by atoms with Crippen LogP contribution < -0.4 is 14.3 Å². The number of phenols is 1. The number of phenolic OH excluding ortho intramolecular Hbond substituents is 1. The van der Waals surface area contributed by atoms with E-state index in [0.29, 0.717) is 0 Å². The highest BCUT2D eigenvalue weighted by atomic mass is 32.2. The zero-order valence-corrected chi connectivity index (χ0v) is 21.8. The van der Waals surface area contributed by atoms with Crippen molar-refractivity contribution in [2.75, 3.05) is 20.8 Å². The average molecular weight is 547 g/mol. The second-order valence-electron chi connectivity index (χ2n) is 10.1. The normalized spacial score (nSPS) is 31.3. The van der Waals surface area contributed by atoms with E-state index in [1.165, 1.54) is 19.1 Å². The fraction of sp³-hybridized carbons (Fsp3) is 0.520. The third-order valence-corrected chi connectivity index (χ3v) is 11.0. The van der Waals surface area contributed by atoms with Crippen LogP contribution in [0.5, 0.6) is 17.2 Å². The van der Waals surface area contributed by atoms with Crippen molar-refractivity contribution >= 4 is 40.9 Å². The number of aromatic amines is 1. The highest BCUT2D eigenvalue weighted by Crippen LogP contribution is 2.68. The number of rotatable bonds is 7. The molecule has 196 valence electrons. The van der Waals surface area contributed by atoms with Gasteiger partial charge in [0.15, 0.2) is 11.5 Å². The lowest BCUT2D eigenvalue weighted by Crippen LogP contribution is -2.42. The molecular weight excluding hydrogens is 520 g/mol. The number of thioether (sulfide) groups is 1. The van der Waals surface area contributed by atoms with E-state index in [-0.39, 0.29) is 82.2 Å². The van der Waals surface area contributed by atoms with Gasteiger partial charge in [-0.1, -0.05) is 11.3 Å². The second-order valence-corrected chi connectivity index (χ2v) is 12.3. The third kappa shape index (κ3) is 3.52. The van der Waals surface area contributed by atoms with Gasteiger partial charge in [-0.2, -0.15) is 0 Å². The van der Waals surface area contributed by atoms with Gasteiger partial charge in [0.25, 0.3) is 0 Å². The number of aliphatic carboxylic acids is 1. The number of carboxylic acids is 1. The summed E-state index contributed by atoms with van der Waals surface area (Å²) in [4.78, 5) is 55.2. The summed E-state index contributed by atoms with van der Waals surface area (Å²) in [5, 5.41) is 20.3. The molecule has 2 aliphatic heterocycles. The summed E-state index contributed by atoms with van der Waals surface area (Å²) in [6, 6.07) is 3.51. The van der Waals surface area contributed by atoms with Gasteiger partial charge in [0.2, 0.25) is 17.6 Å². The van der Waals surface area contributed by atoms with E-state index in [2.05, 4.69) is 4.98 Å². The van der Waals surface area contributed by atoms with E-state index >= 15 is 0 Å². The zero-order valence-electron chi connectivity index (χ0n) is 20.1. The molecular formula is C25H26N2O8S2. The molecule has 2 amide bonds. The summed E-state index contributed by atoms with van der Waals surface area (Å²) < 4.78 is 10.8. The van der Waals surface area contributed by atoms with Gasteiger partial charge in [0.1, 0.15) is 0 Å². The molecule has 1 aromatic carbocycles. The number of carbonyl (C=O) groups is 3. The minimum absolute atomic E-state index is 0.00938. The van der Waals surface area contributed by atoms with Crippen molar-refractivity contribution in [3.8, 4) is 17.2 Å². The molecule has 2 aromatic rings. The van der Waals surface area contributed by atoms with Gasteiger partial charge in [0, 0.05) is 29.0 Å². The molecule has 12 heteroatoms. The number of thiazole rings is 1. The van der Waals surface area contributed by atoms with Crippen molar-refractivity contribution in [3.63, 3.8) is 0 Å². The molecule has 0 radical (unpaired) electrons. The summed E-state index contributed by atoms with van der Waals surface area (Å²) in [6.45, 7) is 0.120. The molecule has 4 aliphatic rings. The lowest BCUT2D eigenvalue weighted by atomic mass is 9.68. The number of hydrogen-bond donors (Lipinski definition) is 3. The number of nitrogens with one attached hydrogen (secondary N) is 1. The van der Waals surface area contributed by atoms with Crippen LogP contribution in [0.2, 0.25) is 0 Å². The minimum atomic E-state index is -0.954. The van der Waals surface area contributed by atoms with Gasteiger partial charge in [-0.25, -0.2) is 0 Å². The summed E-state index contributed by atoms with van der Waals surface area (Å²) in [7, 11) is 2.92. The first kappa shape index (κ1) is 24.4. The predicted octanol–water partition coefficient (Wildman–Crippen LogP) is 2.50. The molecule has 3 N–H and O–H groups in total. The van der Waals surface area contributed by atoms with Crippen LogP contribution in [0.4, 0.5) is 0 Å². The van der Waals surface area contributed by atoms with Crippen LogP contribution in [-0.4, -0.2) is 63.9 Å². The minimum Gasteiger partial charge on any atom is -0.502 e. The SMILES string of the molecule is COc1cc([C@H]2c3sc(=O)[nH]c3S[C@H]3[C@@H]4C[C@H]([C@H]5C(=O)N(CCCC(=O)O)C(=O)[C@H]45)[C@H]23)cc(OC)c1O. The molecule has 2 bridgehead atoms. The number of nitrogens with zero attached hydrogens (tertiary/aromatic N) is 1. The molecule has 0 unspecified atom stereocenters. The first-order valence-electron chi connectivity index (χ1n) is 12.2. The first-order chi connectivity index (χ1) is 17.7. The quantitative estimate of drug-likeness (QED) is 0.446. The third-order valence-electron chi connectivity index (χ3n) is 8.45. The Bertz CT molecular complexity index is 1340. The number of carbonyl (C=O) groups excluding carboxylic acids is 2. The number of benzene rings is 1. The molecule has 0 spiro atoms. The fourth-order valence-corrected chi connectivity index (χ4v) is 10.0. The van der Waals surface area contributed by atoms with E-state index in [9.17, 15) is 24.3 Å². The van der Waals surface area contributed by atoms with Crippen molar-refractivity contribution < 1.29 is 34.1 Å². The van der Waals surface area contributed by atoms with Crippen LogP contribution in [0.1, 0.15) is 35.6 Å². The number of imide groups is 1. The van der Waals surface area contributed by atoms with Crippen LogP contribution in [0.25, 0.3) is 0 Å². The number of likely N-dealkylation sites (tertiary alicyclic amines) is 1. The van der Waals surface area contributed by atoms with Crippen molar-refractivity contribution in [2.45, 2.75) is 35.5 Å². The number of hydrogen-bond acceptors (Lipinski definition) is 9. The number of aromatic hydroxyl groups is 1. The number of aromatic nitrogens is 1. The van der Waals surface area contributed by atoms with E-state index in [1.54, 1.807) is 23.9 Å². The molecule has 2 aliphatic carbocycles. The Labute approximate surface area is 220 Å². The number of fused-ring (bicyclic) bond motifs is 9. The summed E-state index contributed by atoms with van der Waals surface area (Å²) in [5.74, 6) is -2.14. The van der Waals surface area contributed by atoms with E-state index in [4.69, 9.17) is 14.6 Å². The number of amides is 2. The molecule has 1 aromatic heterocycles. The van der Waals surface area contributed by atoms with Crippen LogP contribution in [0.15, 0.2) is 22.0 Å². The highest BCUT2D eigenvalue weighted by molar-refractivity contribution is 8.00. The van der Waals surface area contributed by atoms with Crippen LogP contribution in [0.3, 0.4) is 0 Å². The maximum absolute atomic E-state index is 13.5. The predicted molar refractivity (Wildman–Crippen MR) is 133 cm³/mol. The van der Waals surface area contributed by atoms with E-state index in [0.717, 1.165) is 33.2 Å². The van der Waals surface area contributed by atoms with Gasteiger partial charge < -0.3 is 24.7 Å². The van der Waals surface area contributed by atoms with Gasteiger partial charge in [-0.05, 0) is 48.3 Å². The molecule has 3 fully saturated rings. The molecule has 7 atom stereocenters. The van der Waals surface area contributed by atoms with Gasteiger partial charge in [-0.15, -0.1) is 11.8 Å². The first-order valence-corrected chi connectivity index (χ1v) is 13.9. The molecule has 3 heterocycles. The van der Waals surface area contributed by atoms with Crippen molar-refractivity contribution in [1.82, 2.24) is 9.88 Å². The van der Waals surface area contributed by atoms with Crippen molar-refractivity contribution in [1.29, 1.82) is 0 Å². The fourth-order valence-electron chi connectivity index (χ4n) is 7.15. The molecule has 10 nitrogen and oxygen atoms in total. The Kier molecular flexibility index (Phi) is 5.79. The number of H-pyrrole nitrogens is 1. The summed E-state index contributed by atoms with van der Waals surface area (Å²) in [5.41, 5.74) is 0.817. The Morgan fingerprint density at radius 1 is 1.11 bits per heavy atom. The van der Waals surface area contributed by atoms with Crippen molar-refractivity contribution in [2.24, 2.45) is 29.6 Å². The van der Waals surface area contributed by atoms with E-state index in [1.807, 2.05) is 0 Å². The second kappa shape index (κ2) is 8.80. The molecule has 1 saturated heterocycles. The molecule has 6 rings (SSSR count). The van der Waals surface area contributed by atoms with Crippen LogP contribution in [0, 0.1) is 29.6 Å². The van der Waals surface area contributed by atoms with Gasteiger partial charge >= 0.3 is 10.8 Å². The molecule has 2 saturated carbocycles. The van der Waals surface area contributed by atoms with E-state index < -0.39 is 17.8 Å². The van der Waals surface area contributed by atoms with Gasteiger partial charge in [0.05, 0.1) is 31.1 Å². The van der Waals surface area contributed by atoms with Gasteiger partial charge in [-0.3, -0.25) is 24.1 Å². The lowest BCUT2D eigenvalue weighted by molar-refractivity contribution is -0.142. The van der Waals surface area contributed by atoms with Crippen LogP contribution >= 0.6 is 23.1 Å². The number of ether oxygens (including phenoxy) is 2. The lowest BCUT2D eigenvalue weighted by Gasteiger charge is -2.43. The Hall–Kier alpha value is -2.99. The van der Waals surface area contributed by atoms with Crippen LogP contribution in [-0.2, 0) is 14.4 Å². The maximum Gasteiger partial charge on any atom is 0.305 e. The average Bonchev–Trinajstić information content (AvgIpc) is 3.59. The Morgan fingerprint density at radius 2 is 1.76 bits per heavy atom. The number of methoxy groups -OCH3 is 2. The molecule has 37 heavy (non-hydrogen) atoms. The smallest absolute Gasteiger partial charge is 0.305 e. The highest BCUT2D eigenvalue weighted by Gasteiger charge is 2.69. The maximum atomic E-state index is 13.5. The number of carboxylic acid groups (broad SMARTS) is 1. The Morgan fingerprint density at radius 3 is 2.38 bits per heavy atom. The zero-order chi connectivity index (χ0) is 26.2. The largest absolute Gasteiger partial charge is 0.502 e. The monoisotopic (exact) mass is 546 g/mol. The summed E-state index contributed by atoms with van der Waals surface area (Å²) in [6.07, 6.45) is 0.887. The van der Waals surface area contributed by atoms with Crippen molar-refractivity contribution in [3.05, 3.63) is 32.2 Å². The Balaban J connectivity index is 1.41. The topological polar surface area (TPSA) is 146 Å². The summed E-state index contributed by atoms with van der Waals surface area (Å²) >= 11 is 2.74. The standard InChI is InChI=1S/C25H26N2O8S2/c1-34-12-6-9(7-13(35-2)19(12)30)15-16-10-8-11(20(16)36-22-21(15)37-25(33)26-22)18-17(10)23(31)27(24(18)32)5-3-4-14(28)29/h6-7,10-11,15-18,20,30H,3-5,8H2,1-2H3,(H,26,33)(H,28,29)/t10-,11+,15+,16+,17+,18+,20-/m0/s1.